The van der Waals surface area contributed by atoms with E-state index in [-0.39, 0.29) is 11.7 Å². The van der Waals surface area contributed by atoms with Gasteiger partial charge in [0, 0.05) is 49.6 Å². The topological polar surface area (TPSA) is 80.7 Å². The zero-order valence-corrected chi connectivity index (χ0v) is 17.9. The van der Waals surface area contributed by atoms with E-state index in [0.717, 1.165) is 55.4 Å². The molecule has 1 aromatic carbocycles. The van der Waals surface area contributed by atoms with E-state index >= 15 is 0 Å². The van der Waals surface area contributed by atoms with Crippen molar-refractivity contribution in [1.82, 2.24) is 20.4 Å². The van der Waals surface area contributed by atoms with Crippen LogP contribution in [0.25, 0.3) is 6.08 Å². The molecular formula is C23H28FN7. The Kier molecular flexibility index (Phi) is 6.57. The van der Waals surface area contributed by atoms with E-state index in [2.05, 4.69) is 38.7 Å². The Morgan fingerprint density at radius 1 is 1.16 bits per heavy atom. The van der Waals surface area contributed by atoms with Gasteiger partial charge in [0.05, 0.1) is 0 Å². The lowest BCUT2D eigenvalue weighted by Crippen LogP contribution is -2.43. The van der Waals surface area contributed by atoms with Gasteiger partial charge in [-0.05, 0) is 43.2 Å². The highest BCUT2D eigenvalue weighted by Crippen LogP contribution is 2.19. The van der Waals surface area contributed by atoms with Crippen LogP contribution in [0.15, 0.2) is 58.3 Å². The molecule has 0 amide bonds. The zero-order valence-electron chi connectivity index (χ0n) is 17.9. The van der Waals surface area contributed by atoms with Crippen molar-refractivity contribution in [2.24, 2.45) is 15.9 Å². The average Bonchev–Trinajstić information content (AvgIpc) is 3.17. The van der Waals surface area contributed by atoms with Crippen molar-refractivity contribution < 1.29 is 4.39 Å². The van der Waals surface area contributed by atoms with Crippen LogP contribution in [-0.2, 0) is 0 Å². The Morgan fingerprint density at radius 3 is 2.74 bits per heavy atom. The van der Waals surface area contributed by atoms with E-state index in [1.807, 2.05) is 31.2 Å². The number of hydrogen-bond donors (Lipinski definition) is 3. The van der Waals surface area contributed by atoms with Gasteiger partial charge in [-0.1, -0.05) is 25.1 Å². The van der Waals surface area contributed by atoms with Crippen LogP contribution in [0, 0.1) is 18.7 Å². The van der Waals surface area contributed by atoms with Gasteiger partial charge in [-0.2, -0.15) is 10.1 Å². The number of aromatic nitrogens is 2. The number of aliphatic imine (C=N–C) groups is 2. The van der Waals surface area contributed by atoms with Crippen molar-refractivity contribution in [1.29, 1.82) is 0 Å². The first-order valence-electron chi connectivity index (χ1n) is 10.6. The number of allylic oxidation sites excluding steroid dienone is 2. The van der Waals surface area contributed by atoms with Gasteiger partial charge < -0.3 is 15.5 Å². The molecule has 1 atom stereocenters. The van der Waals surface area contributed by atoms with Gasteiger partial charge in [0.25, 0.3) is 0 Å². The average molecular weight is 422 g/mol. The minimum absolute atomic E-state index is 0.177. The molecule has 0 bridgehead atoms. The molecule has 4 rings (SSSR count). The van der Waals surface area contributed by atoms with E-state index < -0.39 is 0 Å². The summed E-state index contributed by atoms with van der Waals surface area (Å²) in [5, 5.41) is 13.8. The number of rotatable bonds is 4. The third-order valence-corrected chi connectivity index (χ3v) is 5.30. The fraction of sp³-hybridized carbons (Fsp3) is 0.348. The van der Waals surface area contributed by atoms with Crippen molar-refractivity contribution in [3.63, 3.8) is 0 Å². The number of nitrogens with one attached hydrogen (secondary N) is 3. The third kappa shape index (κ3) is 5.67. The standard InChI is InChI=1S/C23H28FN7/c1-16-6-9-22(31-12-10-25-11-13-31)28-23(27-21-14-17(2)29-30-21)26-20(16)8-7-18-4-3-5-19(24)15-18/h3-5,7-9,14-16,25H,6,10-13H2,1-2H3,(H2,27,28,29,30)/b8-7+,22-9-,26-20?. The van der Waals surface area contributed by atoms with Crippen molar-refractivity contribution in [2.45, 2.75) is 20.3 Å². The molecule has 1 unspecified atom stereocenters. The van der Waals surface area contributed by atoms with Crippen molar-refractivity contribution in [3.05, 3.63) is 65.4 Å². The largest absolute Gasteiger partial charge is 0.354 e. The second-order valence-corrected chi connectivity index (χ2v) is 7.86. The van der Waals surface area contributed by atoms with Crippen LogP contribution in [0.4, 0.5) is 10.2 Å². The van der Waals surface area contributed by atoms with Crippen molar-refractivity contribution in [3.8, 4) is 0 Å². The Bertz CT molecular complexity index is 1030. The Labute approximate surface area is 181 Å². The zero-order chi connectivity index (χ0) is 21.6. The molecule has 3 heterocycles. The number of nitrogens with zero attached hydrogens (tertiary/aromatic N) is 4. The van der Waals surface area contributed by atoms with Gasteiger partial charge >= 0.3 is 0 Å². The molecule has 2 aromatic rings. The van der Waals surface area contributed by atoms with E-state index in [4.69, 9.17) is 9.98 Å². The summed E-state index contributed by atoms with van der Waals surface area (Å²) in [6.45, 7) is 7.79. The Morgan fingerprint density at radius 2 is 2.00 bits per heavy atom. The SMILES string of the molecule is Cc1cc(NC2=N/C(N3CCNCC3)=C/CC(C)C(/C=C/c3cccc(F)c3)=N2)n[nH]1. The highest BCUT2D eigenvalue weighted by molar-refractivity contribution is 6.09. The van der Waals surface area contributed by atoms with Crippen molar-refractivity contribution >= 4 is 23.6 Å². The maximum absolute atomic E-state index is 13.5. The van der Waals surface area contributed by atoms with Gasteiger partial charge in [0.2, 0.25) is 5.96 Å². The second-order valence-electron chi connectivity index (χ2n) is 7.86. The predicted octanol–water partition coefficient (Wildman–Crippen LogP) is 3.57. The van der Waals surface area contributed by atoms with Gasteiger partial charge in [0.1, 0.15) is 11.6 Å². The van der Waals surface area contributed by atoms with Crippen LogP contribution in [0.1, 0.15) is 24.6 Å². The number of H-pyrrole nitrogens is 1. The van der Waals surface area contributed by atoms with E-state index in [9.17, 15) is 4.39 Å². The Balaban J connectivity index is 1.65. The minimum Gasteiger partial charge on any atom is -0.354 e. The lowest BCUT2D eigenvalue weighted by Gasteiger charge is -2.30. The fourth-order valence-corrected chi connectivity index (χ4v) is 3.55. The number of benzene rings is 1. The molecule has 0 radical (unpaired) electrons. The van der Waals surface area contributed by atoms with Gasteiger partial charge in [-0.15, -0.1) is 0 Å². The van der Waals surface area contributed by atoms with Crippen molar-refractivity contribution in [2.75, 3.05) is 31.5 Å². The maximum Gasteiger partial charge on any atom is 0.230 e. The molecule has 1 fully saturated rings. The first-order valence-corrected chi connectivity index (χ1v) is 10.6. The normalized spacial score (nSPS) is 21.7. The molecule has 8 heteroatoms. The Hall–Kier alpha value is -3.26. The molecule has 31 heavy (non-hydrogen) atoms. The molecule has 0 aliphatic carbocycles. The first kappa shape index (κ1) is 21.0. The quantitative estimate of drug-likeness (QED) is 0.705. The summed E-state index contributed by atoms with van der Waals surface area (Å²) in [6, 6.07) is 8.44. The summed E-state index contributed by atoms with van der Waals surface area (Å²) in [4.78, 5) is 12.0. The second kappa shape index (κ2) is 9.70. The van der Waals surface area contributed by atoms with Crippen LogP contribution in [0.2, 0.25) is 0 Å². The molecule has 7 nitrogen and oxygen atoms in total. The predicted molar refractivity (Wildman–Crippen MR) is 124 cm³/mol. The molecule has 2 aliphatic heterocycles. The summed E-state index contributed by atoms with van der Waals surface area (Å²) >= 11 is 0. The van der Waals surface area contributed by atoms with Crippen LogP contribution in [-0.4, -0.2) is 52.9 Å². The number of hydrogen-bond acceptors (Lipinski definition) is 6. The number of aryl methyl sites for hydroxylation is 1. The lowest BCUT2D eigenvalue weighted by molar-refractivity contribution is 0.295. The number of piperazine rings is 1. The molecule has 0 spiro atoms. The summed E-state index contributed by atoms with van der Waals surface area (Å²) in [7, 11) is 0. The number of halogens is 1. The molecule has 162 valence electrons. The third-order valence-electron chi connectivity index (χ3n) is 5.30. The smallest absolute Gasteiger partial charge is 0.230 e. The van der Waals surface area contributed by atoms with Gasteiger partial charge in [-0.3, -0.25) is 5.10 Å². The highest BCUT2D eigenvalue weighted by atomic mass is 19.1. The molecule has 3 N–H and O–H groups in total. The number of anilines is 1. The molecule has 1 aromatic heterocycles. The number of aromatic amines is 1. The summed E-state index contributed by atoms with van der Waals surface area (Å²) in [5.41, 5.74) is 2.62. The summed E-state index contributed by atoms with van der Waals surface area (Å²) in [5.74, 6) is 2.01. The fourth-order valence-electron chi connectivity index (χ4n) is 3.55. The molecule has 2 aliphatic rings. The summed E-state index contributed by atoms with van der Waals surface area (Å²) < 4.78 is 13.5. The van der Waals surface area contributed by atoms with Gasteiger partial charge in [-0.25, -0.2) is 9.38 Å². The minimum atomic E-state index is -0.253. The van der Waals surface area contributed by atoms with Crippen LogP contribution < -0.4 is 10.6 Å². The van der Waals surface area contributed by atoms with Crippen LogP contribution in [0.5, 0.6) is 0 Å². The van der Waals surface area contributed by atoms with E-state index in [1.165, 1.54) is 12.1 Å². The van der Waals surface area contributed by atoms with E-state index in [0.29, 0.717) is 11.8 Å². The lowest BCUT2D eigenvalue weighted by atomic mass is 9.99. The maximum atomic E-state index is 13.5. The van der Waals surface area contributed by atoms with Gasteiger partial charge in [0.15, 0.2) is 5.82 Å². The molecule has 0 saturated carbocycles. The monoisotopic (exact) mass is 421 g/mol. The van der Waals surface area contributed by atoms with E-state index in [1.54, 1.807) is 6.07 Å². The summed E-state index contributed by atoms with van der Waals surface area (Å²) in [6.07, 6.45) is 6.83. The number of guanidine groups is 1. The van der Waals surface area contributed by atoms with Crippen LogP contribution >= 0.6 is 0 Å². The van der Waals surface area contributed by atoms with Crippen LogP contribution in [0.3, 0.4) is 0 Å². The molecular weight excluding hydrogens is 393 g/mol. The first-order chi connectivity index (χ1) is 15.1. The molecule has 1 saturated heterocycles. The highest BCUT2D eigenvalue weighted by Gasteiger charge is 2.18.